The second kappa shape index (κ2) is 5.60. The largest absolute Gasteiger partial charge is 0.352 e. The van der Waals surface area contributed by atoms with Crippen LogP contribution in [-0.4, -0.2) is 41.5 Å². The number of carbonyl (C=O) groups is 1. The number of carbonyl (C=O) groups excluding carboxylic acids is 1. The smallest absolute Gasteiger partial charge is 0.287 e. The molecule has 2 atom stereocenters. The monoisotopic (exact) mass is 301 g/mol. The van der Waals surface area contributed by atoms with E-state index >= 15 is 0 Å². The Morgan fingerprint density at radius 1 is 1.50 bits per heavy atom. The van der Waals surface area contributed by atoms with Crippen LogP contribution in [0.15, 0.2) is 18.3 Å². The van der Waals surface area contributed by atoms with Crippen molar-refractivity contribution in [2.24, 2.45) is 0 Å². The molecule has 2 unspecified atom stereocenters. The van der Waals surface area contributed by atoms with E-state index in [9.17, 15) is 13.6 Å². The van der Waals surface area contributed by atoms with Crippen LogP contribution >= 0.6 is 9.24 Å². The van der Waals surface area contributed by atoms with Gasteiger partial charge in [0, 0.05) is 38.8 Å². The van der Waals surface area contributed by atoms with Gasteiger partial charge in [0.15, 0.2) is 0 Å². The summed E-state index contributed by atoms with van der Waals surface area (Å²) < 4.78 is 27.2. The van der Waals surface area contributed by atoms with Crippen molar-refractivity contribution < 1.29 is 13.6 Å². The number of hydrogen-bond donors (Lipinski definition) is 0. The van der Waals surface area contributed by atoms with Crippen molar-refractivity contribution in [3.05, 3.63) is 23.9 Å². The maximum absolute atomic E-state index is 13.6. The summed E-state index contributed by atoms with van der Waals surface area (Å²) in [4.78, 5) is 19.1. The highest BCUT2D eigenvalue weighted by atomic mass is 31.0. The maximum atomic E-state index is 13.6. The average molecular weight is 301 g/mol. The first-order valence-electron chi connectivity index (χ1n) is 6.45. The van der Waals surface area contributed by atoms with Gasteiger partial charge in [-0.15, -0.1) is 0 Å². The number of aromatic nitrogens is 1. The zero-order valence-corrected chi connectivity index (χ0v) is 12.7. The normalized spacial score (nSPS) is 20.1. The topological polar surface area (TPSA) is 36.4 Å². The first-order chi connectivity index (χ1) is 9.30. The number of anilines is 1. The predicted molar refractivity (Wildman–Crippen MR) is 76.9 cm³/mol. The van der Waals surface area contributed by atoms with Gasteiger partial charge in [-0.05, 0) is 19.1 Å². The lowest BCUT2D eigenvalue weighted by Crippen LogP contribution is -2.54. The summed E-state index contributed by atoms with van der Waals surface area (Å²) in [6.45, 7) is 4.97. The molecule has 7 heteroatoms. The van der Waals surface area contributed by atoms with Crippen molar-refractivity contribution in [1.29, 1.82) is 0 Å². The molecule has 20 heavy (non-hydrogen) atoms. The molecule has 0 spiro atoms. The standard InChI is InChI=1S/C13H18F2N3OP/c1-9-8-17(6-7-18(9)10(2)19)12-11(13(14,15)20)4-3-5-16-12/h3-5,9H,6-8,20H2,1-2H3. The van der Waals surface area contributed by atoms with Gasteiger partial charge >= 0.3 is 0 Å². The van der Waals surface area contributed by atoms with E-state index in [1.807, 2.05) is 11.8 Å². The van der Waals surface area contributed by atoms with Crippen molar-refractivity contribution in [3.63, 3.8) is 0 Å². The number of rotatable bonds is 2. The molecule has 1 aromatic heterocycles. The van der Waals surface area contributed by atoms with Crippen molar-refractivity contribution in [2.75, 3.05) is 24.5 Å². The highest BCUT2D eigenvalue weighted by Gasteiger charge is 2.33. The van der Waals surface area contributed by atoms with Gasteiger partial charge in [-0.1, -0.05) is 9.24 Å². The molecule has 1 amide bonds. The first kappa shape index (κ1) is 15.1. The third-order valence-electron chi connectivity index (χ3n) is 3.48. The first-order valence-corrected chi connectivity index (χ1v) is 7.02. The summed E-state index contributed by atoms with van der Waals surface area (Å²) in [5, 5.41) is 0. The number of halogens is 2. The molecule has 0 N–H and O–H groups in total. The van der Waals surface area contributed by atoms with E-state index in [0.717, 1.165) is 0 Å². The van der Waals surface area contributed by atoms with Gasteiger partial charge < -0.3 is 9.80 Å². The Balaban J connectivity index is 2.24. The molecule has 1 aliphatic rings. The van der Waals surface area contributed by atoms with E-state index < -0.39 is 5.66 Å². The number of hydrogen-bond acceptors (Lipinski definition) is 3. The van der Waals surface area contributed by atoms with Crippen molar-refractivity contribution >= 4 is 21.0 Å². The molecule has 0 aliphatic carbocycles. The van der Waals surface area contributed by atoms with Gasteiger partial charge in [0.25, 0.3) is 5.66 Å². The Hall–Kier alpha value is -1.29. The van der Waals surface area contributed by atoms with E-state index in [0.29, 0.717) is 25.5 Å². The molecule has 1 aromatic rings. The van der Waals surface area contributed by atoms with Crippen LogP contribution in [0.3, 0.4) is 0 Å². The Labute approximate surface area is 119 Å². The van der Waals surface area contributed by atoms with Crippen LogP contribution < -0.4 is 4.90 Å². The van der Waals surface area contributed by atoms with E-state index in [-0.39, 0.29) is 17.5 Å². The molecule has 2 rings (SSSR count). The number of alkyl halides is 2. The fourth-order valence-corrected chi connectivity index (χ4v) is 2.75. The van der Waals surface area contributed by atoms with Crippen LogP contribution in [0.2, 0.25) is 0 Å². The summed E-state index contributed by atoms with van der Waals surface area (Å²) in [5.74, 6) is 0.303. The molecular formula is C13H18F2N3OP. The number of nitrogens with zero attached hydrogens (tertiary/aromatic N) is 3. The molecule has 0 radical (unpaired) electrons. The lowest BCUT2D eigenvalue weighted by Gasteiger charge is -2.40. The SMILES string of the molecule is CC(=O)N1CCN(c2ncccc2C(F)(F)P)CC1C. The molecular weight excluding hydrogens is 283 g/mol. The second-order valence-corrected chi connectivity index (χ2v) is 5.73. The summed E-state index contributed by atoms with van der Waals surface area (Å²) in [5.41, 5.74) is -3.11. The van der Waals surface area contributed by atoms with Crippen LogP contribution in [0.1, 0.15) is 19.4 Å². The molecule has 4 nitrogen and oxygen atoms in total. The third-order valence-corrected chi connectivity index (χ3v) is 3.79. The van der Waals surface area contributed by atoms with E-state index in [1.54, 1.807) is 14.1 Å². The van der Waals surface area contributed by atoms with E-state index in [2.05, 4.69) is 4.98 Å². The Morgan fingerprint density at radius 2 is 2.20 bits per heavy atom. The van der Waals surface area contributed by atoms with Crippen molar-refractivity contribution in [2.45, 2.75) is 25.6 Å². The minimum absolute atomic E-state index is 0.00905. The second-order valence-electron chi connectivity index (χ2n) is 5.00. The fraction of sp³-hybridized carbons (Fsp3) is 0.538. The quantitative estimate of drug-likeness (QED) is 0.785. The van der Waals surface area contributed by atoms with Gasteiger partial charge in [0.2, 0.25) is 5.91 Å². The van der Waals surface area contributed by atoms with Gasteiger partial charge in [0.1, 0.15) is 5.82 Å². The number of pyridine rings is 1. The van der Waals surface area contributed by atoms with Crippen LogP contribution in [0.5, 0.6) is 0 Å². The Kier molecular flexibility index (Phi) is 4.23. The maximum Gasteiger partial charge on any atom is 0.287 e. The lowest BCUT2D eigenvalue weighted by atomic mass is 10.1. The lowest BCUT2D eigenvalue weighted by molar-refractivity contribution is -0.131. The summed E-state index contributed by atoms with van der Waals surface area (Å²) >= 11 is 0. The average Bonchev–Trinajstić information content (AvgIpc) is 2.37. The fourth-order valence-electron chi connectivity index (χ4n) is 2.53. The van der Waals surface area contributed by atoms with Gasteiger partial charge in [-0.2, -0.15) is 8.78 Å². The van der Waals surface area contributed by atoms with E-state index in [1.165, 1.54) is 25.3 Å². The molecule has 2 heterocycles. The number of amides is 1. The van der Waals surface area contributed by atoms with Gasteiger partial charge in [-0.3, -0.25) is 4.79 Å². The summed E-state index contributed by atoms with van der Waals surface area (Å²) in [6, 6.07) is 2.87. The minimum atomic E-state index is -3.01. The molecule has 0 aromatic carbocycles. The molecule has 110 valence electrons. The predicted octanol–water partition coefficient (Wildman–Crippen LogP) is 2.06. The van der Waals surface area contributed by atoms with Crippen LogP contribution in [0.25, 0.3) is 0 Å². The van der Waals surface area contributed by atoms with E-state index in [4.69, 9.17) is 0 Å². The molecule has 0 bridgehead atoms. The van der Waals surface area contributed by atoms with Crippen LogP contribution in [-0.2, 0) is 10.5 Å². The zero-order chi connectivity index (χ0) is 14.9. The van der Waals surface area contributed by atoms with Crippen molar-refractivity contribution in [1.82, 2.24) is 9.88 Å². The van der Waals surface area contributed by atoms with Crippen molar-refractivity contribution in [3.8, 4) is 0 Å². The Bertz CT molecular complexity index is 507. The van der Waals surface area contributed by atoms with Gasteiger partial charge in [-0.25, -0.2) is 4.98 Å². The molecule has 1 saturated heterocycles. The summed E-state index contributed by atoms with van der Waals surface area (Å²) in [7, 11) is 1.55. The van der Waals surface area contributed by atoms with Crippen LogP contribution in [0, 0.1) is 0 Å². The van der Waals surface area contributed by atoms with Crippen LogP contribution in [0.4, 0.5) is 14.6 Å². The highest BCUT2D eigenvalue weighted by molar-refractivity contribution is 7.17. The van der Waals surface area contributed by atoms with Gasteiger partial charge in [0.05, 0.1) is 5.56 Å². The minimum Gasteiger partial charge on any atom is -0.352 e. The third kappa shape index (κ3) is 3.06. The highest BCUT2D eigenvalue weighted by Crippen LogP contribution is 2.39. The molecule has 1 aliphatic heterocycles. The number of piperazine rings is 1. The molecule has 1 fully saturated rings. The Morgan fingerprint density at radius 3 is 2.75 bits per heavy atom. The zero-order valence-electron chi connectivity index (χ0n) is 11.5. The molecule has 0 saturated carbocycles. The summed E-state index contributed by atoms with van der Waals surface area (Å²) in [6.07, 6.45) is 1.51.